The highest BCUT2D eigenvalue weighted by Crippen LogP contribution is 2.20. The van der Waals surface area contributed by atoms with Gasteiger partial charge >= 0.3 is 5.97 Å². The number of nitrogens with two attached hydrogens (primary N) is 1. The zero-order valence-electron chi connectivity index (χ0n) is 11.5. The molecule has 0 fully saturated rings. The van der Waals surface area contributed by atoms with E-state index in [0.717, 1.165) is 5.56 Å². The molecule has 0 bridgehead atoms. The molecule has 0 saturated heterocycles. The van der Waals surface area contributed by atoms with E-state index in [2.05, 4.69) is 5.32 Å². The Morgan fingerprint density at radius 2 is 2.00 bits per heavy atom. The number of rotatable bonds is 5. The Kier molecular flexibility index (Phi) is 5.06. The number of carbonyl (C=O) groups is 2. The molecule has 0 aliphatic rings. The van der Waals surface area contributed by atoms with Crippen LogP contribution in [0.2, 0.25) is 0 Å². The second-order valence-electron chi connectivity index (χ2n) is 4.60. The normalized spacial score (nSPS) is 12.0. The number of amides is 1. The second kappa shape index (κ2) is 6.33. The molecular formula is C14H20N2O3. The summed E-state index contributed by atoms with van der Waals surface area (Å²) in [6, 6.07) is 3.24. The average molecular weight is 264 g/mol. The summed E-state index contributed by atoms with van der Waals surface area (Å²) in [5, 5.41) is 11.8. The van der Waals surface area contributed by atoms with Crippen LogP contribution in [0.15, 0.2) is 12.1 Å². The summed E-state index contributed by atoms with van der Waals surface area (Å²) in [5.41, 5.74) is 7.75. The molecular weight excluding hydrogens is 244 g/mol. The molecule has 1 amide bonds. The molecule has 0 saturated carbocycles. The van der Waals surface area contributed by atoms with Crippen LogP contribution >= 0.6 is 0 Å². The first-order valence-electron chi connectivity index (χ1n) is 6.26. The van der Waals surface area contributed by atoms with Crippen LogP contribution < -0.4 is 11.1 Å². The highest BCUT2D eigenvalue weighted by Gasteiger charge is 2.16. The molecule has 4 N–H and O–H groups in total. The van der Waals surface area contributed by atoms with Gasteiger partial charge in [0.05, 0.1) is 11.5 Å². The van der Waals surface area contributed by atoms with E-state index in [-0.39, 0.29) is 23.9 Å². The van der Waals surface area contributed by atoms with E-state index in [1.165, 1.54) is 6.07 Å². The van der Waals surface area contributed by atoms with Gasteiger partial charge in [0.2, 0.25) is 5.91 Å². The molecule has 104 valence electrons. The first-order chi connectivity index (χ1) is 8.90. The molecule has 0 heterocycles. The van der Waals surface area contributed by atoms with Gasteiger partial charge < -0.3 is 16.2 Å². The number of carboxylic acid groups (broad SMARTS) is 1. The van der Waals surface area contributed by atoms with Gasteiger partial charge in [-0.05, 0) is 43.5 Å². The van der Waals surface area contributed by atoms with Gasteiger partial charge in [0.15, 0.2) is 0 Å². The van der Waals surface area contributed by atoms with Crippen LogP contribution in [0.3, 0.4) is 0 Å². The van der Waals surface area contributed by atoms with Crippen molar-refractivity contribution in [3.8, 4) is 0 Å². The number of hydrogen-bond donors (Lipinski definition) is 3. The van der Waals surface area contributed by atoms with Crippen LogP contribution in [0.4, 0.5) is 5.69 Å². The topological polar surface area (TPSA) is 92.4 Å². The predicted octanol–water partition coefficient (Wildman–Crippen LogP) is 1.93. The van der Waals surface area contributed by atoms with E-state index in [0.29, 0.717) is 17.7 Å². The van der Waals surface area contributed by atoms with Gasteiger partial charge in [0, 0.05) is 12.2 Å². The molecule has 0 aliphatic carbocycles. The summed E-state index contributed by atoms with van der Waals surface area (Å²) in [6.07, 6.45) is 0.652. The molecule has 0 aromatic heterocycles. The number of nitrogens with one attached hydrogen (secondary N) is 1. The first-order valence-corrected chi connectivity index (χ1v) is 6.26. The van der Waals surface area contributed by atoms with E-state index in [1.807, 2.05) is 13.8 Å². The Bertz CT molecular complexity index is 494. The van der Waals surface area contributed by atoms with Crippen molar-refractivity contribution >= 4 is 17.6 Å². The standard InChI is InChI=1S/C14H20N2O3/c1-4-10(7-15)13(17)16-11-5-8(2)9(3)12(6-11)14(18)19/h5-6,10H,4,7,15H2,1-3H3,(H,16,17)(H,18,19). The van der Waals surface area contributed by atoms with Gasteiger partial charge in [-0.25, -0.2) is 4.79 Å². The highest BCUT2D eigenvalue weighted by atomic mass is 16.4. The Balaban J connectivity index is 3.03. The third-order valence-corrected chi connectivity index (χ3v) is 3.31. The molecule has 5 nitrogen and oxygen atoms in total. The number of carbonyl (C=O) groups excluding carboxylic acids is 1. The van der Waals surface area contributed by atoms with Crippen molar-refractivity contribution in [3.63, 3.8) is 0 Å². The lowest BCUT2D eigenvalue weighted by Gasteiger charge is -2.14. The van der Waals surface area contributed by atoms with Crippen molar-refractivity contribution < 1.29 is 14.7 Å². The van der Waals surface area contributed by atoms with Crippen molar-refractivity contribution in [1.29, 1.82) is 0 Å². The molecule has 1 atom stereocenters. The lowest BCUT2D eigenvalue weighted by Crippen LogP contribution is -2.28. The highest BCUT2D eigenvalue weighted by molar-refractivity contribution is 5.96. The van der Waals surface area contributed by atoms with Gasteiger partial charge in [0.1, 0.15) is 0 Å². The summed E-state index contributed by atoms with van der Waals surface area (Å²) < 4.78 is 0. The fourth-order valence-corrected chi connectivity index (χ4v) is 1.86. The van der Waals surface area contributed by atoms with Gasteiger partial charge in [-0.3, -0.25) is 4.79 Å². The molecule has 0 radical (unpaired) electrons. The van der Waals surface area contributed by atoms with E-state index in [1.54, 1.807) is 13.0 Å². The molecule has 1 unspecified atom stereocenters. The zero-order chi connectivity index (χ0) is 14.6. The van der Waals surface area contributed by atoms with E-state index < -0.39 is 5.97 Å². The maximum absolute atomic E-state index is 11.9. The fraction of sp³-hybridized carbons (Fsp3) is 0.429. The van der Waals surface area contributed by atoms with Crippen LogP contribution in [0.25, 0.3) is 0 Å². The number of benzene rings is 1. The molecule has 19 heavy (non-hydrogen) atoms. The number of hydrogen-bond acceptors (Lipinski definition) is 3. The van der Waals surface area contributed by atoms with Gasteiger partial charge in [-0.15, -0.1) is 0 Å². The second-order valence-corrected chi connectivity index (χ2v) is 4.60. The third-order valence-electron chi connectivity index (χ3n) is 3.31. The Hall–Kier alpha value is -1.88. The molecule has 5 heteroatoms. The van der Waals surface area contributed by atoms with Gasteiger partial charge in [0.25, 0.3) is 0 Å². The lowest BCUT2D eigenvalue weighted by atomic mass is 10.0. The van der Waals surface area contributed by atoms with Crippen LogP contribution in [-0.4, -0.2) is 23.5 Å². The predicted molar refractivity (Wildman–Crippen MR) is 74.3 cm³/mol. The van der Waals surface area contributed by atoms with E-state index in [4.69, 9.17) is 10.8 Å². The summed E-state index contributed by atoms with van der Waals surface area (Å²) in [5.74, 6) is -1.43. The van der Waals surface area contributed by atoms with Crippen molar-refractivity contribution in [2.24, 2.45) is 11.7 Å². The van der Waals surface area contributed by atoms with Gasteiger partial charge in [-0.1, -0.05) is 6.92 Å². The lowest BCUT2D eigenvalue weighted by molar-refractivity contribution is -0.119. The fourth-order valence-electron chi connectivity index (χ4n) is 1.86. The summed E-state index contributed by atoms with van der Waals surface area (Å²) in [7, 11) is 0. The first kappa shape index (κ1) is 15.2. The van der Waals surface area contributed by atoms with E-state index in [9.17, 15) is 9.59 Å². The Morgan fingerprint density at radius 3 is 2.47 bits per heavy atom. The van der Waals surface area contributed by atoms with Crippen LogP contribution in [-0.2, 0) is 4.79 Å². The minimum atomic E-state index is -0.998. The summed E-state index contributed by atoms with van der Waals surface area (Å²) >= 11 is 0. The Morgan fingerprint density at radius 1 is 1.37 bits per heavy atom. The smallest absolute Gasteiger partial charge is 0.336 e. The molecule has 1 aromatic rings. The summed E-state index contributed by atoms with van der Waals surface area (Å²) in [4.78, 5) is 23.0. The quantitative estimate of drug-likeness (QED) is 0.757. The maximum atomic E-state index is 11.9. The van der Waals surface area contributed by atoms with Crippen LogP contribution in [0, 0.1) is 19.8 Å². The molecule has 1 rings (SSSR count). The molecule has 0 spiro atoms. The number of aryl methyl sites for hydroxylation is 1. The third kappa shape index (κ3) is 3.54. The number of carboxylic acids is 1. The van der Waals surface area contributed by atoms with Crippen molar-refractivity contribution in [2.45, 2.75) is 27.2 Å². The SMILES string of the molecule is CCC(CN)C(=O)Nc1cc(C)c(C)c(C(=O)O)c1. The maximum Gasteiger partial charge on any atom is 0.336 e. The van der Waals surface area contributed by atoms with E-state index >= 15 is 0 Å². The van der Waals surface area contributed by atoms with Crippen molar-refractivity contribution in [1.82, 2.24) is 0 Å². The largest absolute Gasteiger partial charge is 0.478 e. The minimum absolute atomic E-state index is 0.176. The zero-order valence-corrected chi connectivity index (χ0v) is 11.5. The Labute approximate surface area is 112 Å². The molecule has 1 aromatic carbocycles. The number of anilines is 1. The minimum Gasteiger partial charge on any atom is -0.478 e. The van der Waals surface area contributed by atoms with Gasteiger partial charge in [-0.2, -0.15) is 0 Å². The molecule has 0 aliphatic heterocycles. The van der Waals surface area contributed by atoms with Crippen molar-refractivity contribution in [3.05, 3.63) is 28.8 Å². The number of aromatic carboxylic acids is 1. The summed E-state index contributed by atoms with van der Waals surface area (Å²) in [6.45, 7) is 5.73. The monoisotopic (exact) mass is 264 g/mol. The van der Waals surface area contributed by atoms with Crippen LogP contribution in [0.1, 0.15) is 34.8 Å². The van der Waals surface area contributed by atoms with Crippen molar-refractivity contribution in [2.75, 3.05) is 11.9 Å². The van der Waals surface area contributed by atoms with Crippen LogP contribution in [0.5, 0.6) is 0 Å². The average Bonchev–Trinajstić information content (AvgIpc) is 2.34.